The van der Waals surface area contributed by atoms with E-state index < -0.39 is 0 Å². The Morgan fingerprint density at radius 3 is 2.82 bits per heavy atom. The molecule has 0 aliphatic heterocycles. The van der Waals surface area contributed by atoms with Crippen LogP contribution in [-0.2, 0) is 6.42 Å². The molecular weight excluding hydrogens is 234 g/mol. The first-order valence-electron chi connectivity index (χ1n) is 5.69. The number of likely N-dealkylation sites (N-methyl/N-ethyl adjacent to an activating group) is 1. The summed E-state index contributed by atoms with van der Waals surface area (Å²) in [6, 6.07) is 2.64. The summed E-state index contributed by atoms with van der Waals surface area (Å²) in [5.74, 6) is 0. The molecule has 0 bridgehead atoms. The molecule has 0 aromatic carbocycles. The highest BCUT2D eigenvalue weighted by molar-refractivity contribution is 7.03. The minimum absolute atomic E-state index is 0.185. The topological polar surface area (TPSA) is 55.6 Å². The summed E-state index contributed by atoms with van der Waals surface area (Å²) in [4.78, 5) is 0. The summed E-state index contributed by atoms with van der Waals surface area (Å²) in [6.07, 6.45) is 2.85. The van der Waals surface area contributed by atoms with E-state index in [1.54, 1.807) is 0 Å². The van der Waals surface area contributed by atoms with Crippen molar-refractivity contribution >= 4 is 11.5 Å². The molecule has 1 unspecified atom stereocenters. The van der Waals surface area contributed by atoms with E-state index in [-0.39, 0.29) is 6.04 Å². The molecule has 2 rings (SSSR count). The van der Waals surface area contributed by atoms with Crippen molar-refractivity contribution in [3.8, 4) is 0 Å². The Morgan fingerprint density at radius 1 is 1.47 bits per heavy atom. The first kappa shape index (κ1) is 12.2. The summed E-state index contributed by atoms with van der Waals surface area (Å²) in [5.41, 5.74) is 2.06. The number of rotatable bonds is 5. The number of aromatic nitrogens is 4. The maximum atomic E-state index is 4.54. The van der Waals surface area contributed by atoms with Crippen LogP contribution < -0.4 is 5.32 Å². The lowest BCUT2D eigenvalue weighted by molar-refractivity contribution is 0.512. The van der Waals surface area contributed by atoms with Crippen LogP contribution in [0.25, 0.3) is 0 Å². The summed E-state index contributed by atoms with van der Waals surface area (Å²) in [7, 11) is 1.93. The van der Waals surface area contributed by atoms with Crippen molar-refractivity contribution in [1.29, 1.82) is 0 Å². The third-order valence-corrected chi connectivity index (χ3v) is 3.21. The summed E-state index contributed by atoms with van der Waals surface area (Å²) in [5, 5.41) is 13.9. The summed E-state index contributed by atoms with van der Waals surface area (Å²) in [6.45, 7) is 4.24. The predicted molar refractivity (Wildman–Crippen MR) is 68.0 cm³/mol. The monoisotopic (exact) mass is 251 g/mol. The Labute approximate surface area is 105 Å². The van der Waals surface area contributed by atoms with Crippen molar-refractivity contribution in [1.82, 2.24) is 24.7 Å². The molecule has 2 aromatic heterocycles. The van der Waals surface area contributed by atoms with Crippen LogP contribution in [0.15, 0.2) is 17.6 Å². The van der Waals surface area contributed by atoms with Gasteiger partial charge >= 0.3 is 0 Å². The molecule has 0 radical (unpaired) electrons. The Balaban J connectivity index is 2.08. The van der Waals surface area contributed by atoms with E-state index in [1.807, 2.05) is 23.3 Å². The molecule has 92 valence electrons. The largest absolute Gasteiger partial charge is 0.311 e. The first-order chi connectivity index (χ1) is 8.20. The van der Waals surface area contributed by atoms with Gasteiger partial charge < -0.3 is 5.32 Å². The van der Waals surface area contributed by atoms with Gasteiger partial charge in [0.25, 0.3) is 0 Å². The third-order valence-electron chi connectivity index (χ3n) is 2.69. The maximum absolute atomic E-state index is 4.54. The van der Waals surface area contributed by atoms with Gasteiger partial charge in [0.1, 0.15) is 0 Å². The van der Waals surface area contributed by atoms with Crippen LogP contribution >= 0.6 is 11.5 Å². The Bertz CT molecular complexity index is 448. The van der Waals surface area contributed by atoms with Crippen LogP contribution in [0.2, 0.25) is 0 Å². The highest BCUT2D eigenvalue weighted by atomic mass is 32.1. The fraction of sp³-hybridized carbons (Fsp3) is 0.545. The zero-order valence-corrected chi connectivity index (χ0v) is 11.1. The van der Waals surface area contributed by atoms with Crippen molar-refractivity contribution in [3.05, 3.63) is 29.0 Å². The number of hydrogen-bond acceptors (Lipinski definition) is 5. The van der Waals surface area contributed by atoms with E-state index in [4.69, 9.17) is 0 Å². The highest BCUT2D eigenvalue weighted by Crippen LogP contribution is 2.16. The van der Waals surface area contributed by atoms with Gasteiger partial charge in [-0.3, -0.25) is 4.68 Å². The summed E-state index contributed by atoms with van der Waals surface area (Å²) < 4.78 is 5.87. The zero-order valence-electron chi connectivity index (χ0n) is 10.3. The number of nitrogens with one attached hydrogen (secondary N) is 1. The van der Waals surface area contributed by atoms with Gasteiger partial charge in [-0.2, -0.15) is 5.10 Å². The van der Waals surface area contributed by atoms with E-state index in [2.05, 4.69) is 39.9 Å². The van der Waals surface area contributed by atoms with Crippen molar-refractivity contribution < 1.29 is 0 Å². The Hall–Kier alpha value is -1.27. The van der Waals surface area contributed by atoms with Gasteiger partial charge in [0.2, 0.25) is 0 Å². The third kappa shape index (κ3) is 2.89. The molecule has 0 amide bonds. The predicted octanol–water partition coefficient (Wildman–Crippen LogP) is 1.82. The molecule has 5 nitrogen and oxygen atoms in total. The minimum Gasteiger partial charge on any atom is -0.311 e. The molecule has 0 saturated heterocycles. The number of nitrogens with zero attached hydrogens (tertiary/aromatic N) is 4. The van der Waals surface area contributed by atoms with E-state index in [0.717, 1.165) is 17.8 Å². The van der Waals surface area contributed by atoms with Crippen molar-refractivity contribution in [3.63, 3.8) is 0 Å². The van der Waals surface area contributed by atoms with Crippen LogP contribution in [0.5, 0.6) is 0 Å². The van der Waals surface area contributed by atoms with Crippen molar-refractivity contribution in [2.45, 2.75) is 32.4 Å². The lowest BCUT2D eigenvalue weighted by Crippen LogP contribution is -2.19. The Morgan fingerprint density at radius 2 is 2.29 bits per heavy atom. The molecule has 0 aliphatic carbocycles. The molecule has 1 N–H and O–H groups in total. The van der Waals surface area contributed by atoms with Gasteiger partial charge in [-0.25, -0.2) is 0 Å². The van der Waals surface area contributed by atoms with Crippen LogP contribution in [0.3, 0.4) is 0 Å². The quantitative estimate of drug-likeness (QED) is 0.880. The Kier molecular flexibility index (Phi) is 3.86. The standard InChI is InChI=1S/C11H17N5S/c1-8(2)16-5-4-9(14-16)6-10(12-3)11-7-17-15-13-11/h4-5,7-8,10,12H,6H2,1-3H3. The highest BCUT2D eigenvalue weighted by Gasteiger charge is 2.14. The molecule has 17 heavy (non-hydrogen) atoms. The first-order valence-corrected chi connectivity index (χ1v) is 6.52. The van der Waals surface area contributed by atoms with Gasteiger partial charge in [0.05, 0.1) is 17.4 Å². The molecule has 2 aromatic rings. The van der Waals surface area contributed by atoms with E-state index in [1.165, 1.54) is 11.5 Å². The lowest BCUT2D eigenvalue weighted by Gasteiger charge is -2.11. The SMILES string of the molecule is CNC(Cc1ccn(C(C)C)n1)c1csnn1. The molecule has 0 aliphatic rings. The lowest BCUT2D eigenvalue weighted by atomic mass is 10.1. The summed E-state index contributed by atoms with van der Waals surface area (Å²) >= 11 is 1.38. The fourth-order valence-corrected chi connectivity index (χ4v) is 2.17. The van der Waals surface area contributed by atoms with Gasteiger partial charge in [-0.15, -0.1) is 5.10 Å². The smallest absolute Gasteiger partial charge is 0.0928 e. The van der Waals surface area contributed by atoms with Crippen LogP contribution in [0, 0.1) is 0 Å². The molecule has 0 spiro atoms. The second kappa shape index (κ2) is 5.37. The zero-order chi connectivity index (χ0) is 12.3. The van der Waals surface area contributed by atoms with E-state index >= 15 is 0 Å². The maximum Gasteiger partial charge on any atom is 0.0928 e. The fourth-order valence-electron chi connectivity index (χ4n) is 1.66. The van der Waals surface area contributed by atoms with Gasteiger partial charge in [-0.1, -0.05) is 4.49 Å². The van der Waals surface area contributed by atoms with Gasteiger partial charge in [0.15, 0.2) is 0 Å². The molecule has 2 heterocycles. The second-order valence-electron chi connectivity index (χ2n) is 4.26. The average Bonchev–Trinajstić information content (AvgIpc) is 2.96. The van der Waals surface area contributed by atoms with Gasteiger partial charge in [0, 0.05) is 24.0 Å². The molecule has 1 atom stereocenters. The van der Waals surface area contributed by atoms with E-state index in [0.29, 0.717) is 6.04 Å². The molecular formula is C11H17N5S. The van der Waals surface area contributed by atoms with Crippen molar-refractivity contribution in [2.75, 3.05) is 7.05 Å². The van der Waals surface area contributed by atoms with Crippen LogP contribution in [-0.4, -0.2) is 26.4 Å². The van der Waals surface area contributed by atoms with Gasteiger partial charge in [-0.05, 0) is 38.5 Å². The van der Waals surface area contributed by atoms with Crippen LogP contribution in [0.1, 0.15) is 37.3 Å². The number of hydrogen-bond donors (Lipinski definition) is 1. The average molecular weight is 251 g/mol. The molecule has 0 fully saturated rings. The second-order valence-corrected chi connectivity index (χ2v) is 4.87. The molecule has 0 saturated carbocycles. The minimum atomic E-state index is 0.185. The molecule has 6 heteroatoms. The van der Waals surface area contributed by atoms with Crippen LogP contribution in [0.4, 0.5) is 0 Å². The normalized spacial score (nSPS) is 13.2. The van der Waals surface area contributed by atoms with Crippen molar-refractivity contribution in [2.24, 2.45) is 0 Å². The van der Waals surface area contributed by atoms with E-state index in [9.17, 15) is 0 Å².